The highest BCUT2D eigenvalue weighted by Crippen LogP contribution is 2.21. The van der Waals surface area contributed by atoms with Gasteiger partial charge in [-0.1, -0.05) is 63.4 Å². The number of hydrogen-bond donors (Lipinski definition) is 2. The molecule has 2 amide bonds. The van der Waals surface area contributed by atoms with Crippen molar-refractivity contribution >= 4 is 6.03 Å². The van der Waals surface area contributed by atoms with Gasteiger partial charge in [-0.15, -0.1) is 0 Å². The second kappa shape index (κ2) is 8.06. The molecule has 2 rings (SSSR count). The number of benzene rings is 1. The van der Waals surface area contributed by atoms with Gasteiger partial charge in [-0.05, 0) is 30.7 Å². The van der Waals surface area contributed by atoms with E-state index in [0.29, 0.717) is 12.0 Å². The zero-order valence-electron chi connectivity index (χ0n) is 13.3. The van der Waals surface area contributed by atoms with E-state index in [1.807, 2.05) is 18.2 Å². The van der Waals surface area contributed by atoms with Crippen LogP contribution in [0.25, 0.3) is 0 Å². The summed E-state index contributed by atoms with van der Waals surface area (Å²) in [4.78, 5) is 12.3. The average molecular weight is 288 g/mol. The van der Waals surface area contributed by atoms with Crippen molar-refractivity contribution in [3.8, 4) is 0 Å². The molecule has 1 atom stereocenters. The number of urea groups is 1. The maximum Gasteiger partial charge on any atom is 0.315 e. The van der Waals surface area contributed by atoms with Crippen LogP contribution in [-0.4, -0.2) is 12.1 Å². The van der Waals surface area contributed by atoms with Gasteiger partial charge in [0, 0.05) is 6.04 Å². The first-order valence-corrected chi connectivity index (χ1v) is 8.27. The number of amides is 2. The van der Waals surface area contributed by atoms with Crippen LogP contribution in [0.1, 0.15) is 64.0 Å². The molecule has 3 nitrogen and oxygen atoms in total. The molecule has 1 unspecified atom stereocenters. The molecular formula is C18H28N2O. The summed E-state index contributed by atoms with van der Waals surface area (Å²) in [5.41, 5.74) is 1.19. The molecule has 0 saturated heterocycles. The quantitative estimate of drug-likeness (QED) is 0.828. The van der Waals surface area contributed by atoms with E-state index >= 15 is 0 Å². The van der Waals surface area contributed by atoms with Crippen molar-refractivity contribution in [1.29, 1.82) is 0 Å². The van der Waals surface area contributed by atoms with Crippen molar-refractivity contribution in [2.75, 3.05) is 0 Å². The molecule has 0 aromatic heterocycles. The highest BCUT2D eigenvalue weighted by Gasteiger charge is 2.19. The number of hydrogen-bond acceptors (Lipinski definition) is 1. The van der Waals surface area contributed by atoms with E-state index < -0.39 is 0 Å². The van der Waals surface area contributed by atoms with Gasteiger partial charge in [-0.2, -0.15) is 0 Å². The van der Waals surface area contributed by atoms with Crippen LogP contribution < -0.4 is 10.6 Å². The highest BCUT2D eigenvalue weighted by molar-refractivity contribution is 5.74. The topological polar surface area (TPSA) is 41.1 Å². The van der Waals surface area contributed by atoms with Crippen LogP contribution in [0.4, 0.5) is 4.79 Å². The van der Waals surface area contributed by atoms with Gasteiger partial charge in [0.05, 0.1) is 6.04 Å². The van der Waals surface area contributed by atoms with E-state index in [0.717, 1.165) is 19.3 Å². The molecule has 0 radical (unpaired) electrons. The van der Waals surface area contributed by atoms with E-state index in [9.17, 15) is 4.79 Å². The van der Waals surface area contributed by atoms with Crippen molar-refractivity contribution in [3.63, 3.8) is 0 Å². The van der Waals surface area contributed by atoms with Crippen molar-refractivity contribution in [3.05, 3.63) is 35.9 Å². The summed E-state index contributed by atoms with van der Waals surface area (Å²) in [5.74, 6) is 0.546. The zero-order valence-corrected chi connectivity index (χ0v) is 13.3. The molecule has 0 spiro atoms. The lowest BCUT2D eigenvalue weighted by Gasteiger charge is -2.26. The molecule has 3 heteroatoms. The van der Waals surface area contributed by atoms with Gasteiger partial charge in [-0.25, -0.2) is 4.79 Å². The molecule has 2 N–H and O–H groups in total. The maximum atomic E-state index is 12.3. The second-order valence-electron chi connectivity index (χ2n) is 6.55. The Kier molecular flexibility index (Phi) is 6.09. The van der Waals surface area contributed by atoms with E-state index in [1.54, 1.807) is 0 Å². The number of nitrogens with one attached hydrogen (secondary N) is 2. The minimum absolute atomic E-state index is 0.0172. The fraction of sp³-hybridized carbons (Fsp3) is 0.611. The number of carbonyl (C=O) groups excluding carboxylic acids is 1. The molecule has 1 aliphatic carbocycles. The van der Waals surface area contributed by atoms with Gasteiger partial charge in [0.2, 0.25) is 0 Å². The Balaban J connectivity index is 1.92. The van der Waals surface area contributed by atoms with Crippen LogP contribution in [0.15, 0.2) is 30.3 Å². The monoisotopic (exact) mass is 288 g/mol. The third kappa shape index (κ3) is 5.41. The van der Waals surface area contributed by atoms with Gasteiger partial charge in [0.1, 0.15) is 0 Å². The molecule has 1 aromatic carbocycles. The molecular weight excluding hydrogens is 260 g/mol. The average Bonchev–Trinajstić information content (AvgIpc) is 2.48. The molecule has 0 aliphatic heterocycles. The predicted molar refractivity (Wildman–Crippen MR) is 87.2 cm³/mol. The van der Waals surface area contributed by atoms with E-state index in [1.165, 1.54) is 24.8 Å². The molecule has 116 valence electrons. The summed E-state index contributed by atoms with van der Waals surface area (Å²) in [6.45, 7) is 4.38. The number of carbonyl (C=O) groups is 1. The van der Waals surface area contributed by atoms with Crippen LogP contribution in [-0.2, 0) is 0 Å². The first-order chi connectivity index (χ1) is 10.1. The first-order valence-electron chi connectivity index (χ1n) is 8.27. The van der Waals surface area contributed by atoms with Crippen LogP contribution >= 0.6 is 0 Å². The van der Waals surface area contributed by atoms with Crippen molar-refractivity contribution in [2.24, 2.45) is 5.92 Å². The summed E-state index contributed by atoms with van der Waals surface area (Å²) >= 11 is 0. The van der Waals surface area contributed by atoms with Gasteiger partial charge in [0.25, 0.3) is 0 Å². The largest absolute Gasteiger partial charge is 0.335 e. The van der Waals surface area contributed by atoms with E-state index in [4.69, 9.17) is 0 Å². The van der Waals surface area contributed by atoms with Crippen LogP contribution in [0.3, 0.4) is 0 Å². The standard InChI is InChI=1S/C18H28N2O/c1-14(2)13-17(15-9-5-3-6-10-15)20-18(21)19-16-11-7-4-8-12-16/h3,5-6,9-10,14,16-17H,4,7-8,11-13H2,1-2H3,(H2,19,20,21). The molecule has 1 fully saturated rings. The Hall–Kier alpha value is -1.51. The molecule has 21 heavy (non-hydrogen) atoms. The number of rotatable bonds is 5. The van der Waals surface area contributed by atoms with Crippen molar-refractivity contribution in [1.82, 2.24) is 10.6 Å². The lowest BCUT2D eigenvalue weighted by Crippen LogP contribution is -2.44. The normalized spacial score (nSPS) is 17.5. The molecule has 1 aromatic rings. The minimum atomic E-state index is -0.0172. The summed E-state index contributed by atoms with van der Waals surface area (Å²) < 4.78 is 0. The first kappa shape index (κ1) is 15.9. The Labute approximate surface area is 128 Å². The van der Waals surface area contributed by atoms with Crippen molar-refractivity contribution in [2.45, 2.75) is 64.5 Å². The summed E-state index contributed by atoms with van der Waals surface area (Å²) in [5, 5.41) is 6.30. The highest BCUT2D eigenvalue weighted by atomic mass is 16.2. The summed E-state index contributed by atoms with van der Waals surface area (Å²) in [6, 6.07) is 10.7. The Morgan fingerprint density at radius 1 is 1.14 bits per heavy atom. The Bertz CT molecular complexity index is 424. The summed E-state index contributed by atoms with van der Waals surface area (Å²) in [6.07, 6.45) is 6.97. The Morgan fingerprint density at radius 2 is 1.81 bits per heavy atom. The Morgan fingerprint density at radius 3 is 2.43 bits per heavy atom. The second-order valence-corrected chi connectivity index (χ2v) is 6.55. The third-order valence-electron chi connectivity index (χ3n) is 4.15. The summed E-state index contributed by atoms with van der Waals surface area (Å²) in [7, 11) is 0. The van der Waals surface area contributed by atoms with Crippen LogP contribution in [0, 0.1) is 5.92 Å². The lowest BCUT2D eigenvalue weighted by atomic mass is 9.95. The predicted octanol–water partition coefficient (Wildman–Crippen LogP) is 4.41. The minimum Gasteiger partial charge on any atom is -0.335 e. The fourth-order valence-electron chi connectivity index (χ4n) is 3.07. The van der Waals surface area contributed by atoms with Gasteiger partial charge < -0.3 is 10.6 Å². The lowest BCUT2D eigenvalue weighted by molar-refractivity contribution is 0.227. The zero-order chi connectivity index (χ0) is 15.1. The third-order valence-corrected chi connectivity index (χ3v) is 4.15. The van der Waals surface area contributed by atoms with E-state index in [2.05, 4.69) is 36.6 Å². The maximum absolute atomic E-state index is 12.3. The van der Waals surface area contributed by atoms with Gasteiger partial charge >= 0.3 is 6.03 Å². The SMILES string of the molecule is CC(C)CC(NC(=O)NC1CCCCC1)c1ccccc1. The fourth-order valence-corrected chi connectivity index (χ4v) is 3.07. The van der Waals surface area contributed by atoms with Gasteiger partial charge in [-0.3, -0.25) is 0 Å². The smallest absolute Gasteiger partial charge is 0.315 e. The van der Waals surface area contributed by atoms with Gasteiger partial charge in [0.15, 0.2) is 0 Å². The van der Waals surface area contributed by atoms with Crippen molar-refractivity contribution < 1.29 is 4.79 Å². The molecule has 0 heterocycles. The molecule has 0 bridgehead atoms. The van der Waals surface area contributed by atoms with Crippen LogP contribution in [0.5, 0.6) is 0 Å². The molecule has 1 saturated carbocycles. The molecule has 1 aliphatic rings. The van der Waals surface area contributed by atoms with Crippen LogP contribution in [0.2, 0.25) is 0 Å². The van der Waals surface area contributed by atoms with E-state index in [-0.39, 0.29) is 12.1 Å².